The number of aromatic nitrogens is 2. The largest absolute Gasteiger partial charge is 0.342 e. The summed E-state index contributed by atoms with van der Waals surface area (Å²) in [5, 5.41) is 3.93. The third-order valence-electron chi connectivity index (χ3n) is 2.94. The van der Waals surface area contributed by atoms with Crippen molar-refractivity contribution in [2.75, 3.05) is 13.1 Å². The SMILES string of the molecule is CCCc1noc(C2CCN(C(C)=O)C2)n1. The second-order valence-corrected chi connectivity index (χ2v) is 4.25. The normalized spacial score (nSPS) is 20.4. The summed E-state index contributed by atoms with van der Waals surface area (Å²) < 4.78 is 5.23. The Morgan fingerprint density at radius 2 is 2.44 bits per heavy atom. The summed E-state index contributed by atoms with van der Waals surface area (Å²) in [6.45, 7) is 5.19. The first-order valence-electron chi connectivity index (χ1n) is 5.78. The minimum absolute atomic E-state index is 0.121. The van der Waals surface area contributed by atoms with Crippen LogP contribution in [-0.4, -0.2) is 34.0 Å². The number of hydrogen-bond acceptors (Lipinski definition) is 4. The predicted molar refractivity (Wildman–Crippen MR) is 57.9 cm³/mol. The Balaban J connectivity index is 2.00. The number of likely N-dealkylation sites (tertiary alicyclic amines) is 1. The molecule has 0 saturated carbocycles. The fraction of sp³-hybridized carbons (Fsp3) is 0.727. The monoisotopic (exact) mass is 223 g/mol. The van der Waals surface area contributed by atoms with Gasteiger partial charge in [0.2, 0.25) is 11.8 Å². The summed E-state index contributed by atoms with van der Waals surface area (Å²) >= 11 is 0. The summed E-state index contributed by atoms with van der Waals surface area (Å²) in [7, 11) is 0. The second kappa shape index (κ2) is 4.63. The van der Waals surface area contributed by atoms with Crippen LogP contribution in [0.2, 0.25) is 0 Å². The molecule has 0 bridgehead atoms. The predicted octanol–water partition coefficient (Wildman–Crippen LogP) is 1.36. The molecule has 2 heterocycles. The molecule has 1 fully saturated rings. The van der Waals surface area contributed by atoms with Crippen molar-refractivity contribution < 1.29 is 9.32 Å². The number of carbonyl (C=O) groups excluding carboxylic acids is 1. The molecule has 1 unspecified atom stereocenters. The van der Waals surface area contributed by atoms with Crippen molar-refractivity contribution in [2.45, 2.75) is 39.0 Å². The van der Waals surface area contributed by atoms with E-state index in [0.717, 1.165) is 31.6 Å². The highest BCUT2D eigenvalue weighted by Gasteiger charge is 2.29. The van der Waals surface area contributed by atoms with E-state index in [1.54, 1.807) is 6.92 Å². The summed E-state index contributed by atoms with van der Waals surface area (Å²) in [5.41, 5.74) is 0. The van der Waals surface area contributed by atoms with Crippen LogP contribution in [0, 0.1) is 0 Å². The molecule has 1 aromatic heterocycles. The number of aryl methyl sites for hydroxylation is 1. The molecule has 0 N–H and O–H groups in total. The lowest BCUT2D eigenvalue weighted by atomic mass is 10.1. The molecule has 1 aliphatic heterocycles. The lowest BCUT2D eigenvalue weighted by Gasteiger charge is -2.11. The van der Waals surface area contributed by atoms with E-state index in [2.05, 4.69) is 17.1 Å². The summed E-state index contributed by atoms with van der Waals surface area (Å²) in [5.74, 6) is 1.81. The molecular formula is C11H17N3O2. The van der Waals surface area contributed by atoms with Crippen molar-refractivity contribution in [2.24, 2.45) is 0 Å². The Morgan fingerprint density at radius 1 is 1.62 bits per heavy atom. The van der Waals surface area contributed by atoms with Crippen LogP contribution >= 0.6 is 0 Å². The van der Waals surface area contributed by atoms with Gasteiger partial charge in [-0.05, 0) is 12.8 Å². The van der Waals surface area contributed by atoms with Gasteiger partial charge in [0.05, 0.1) is 5.92 Å². The van der Waals surface area contributed by atoms with Gasteiger partial charge in [0, 0.05) is 26.4 Å². The van der Waals surface area contributed by atoms with E-state index in [9.17, 15) is 4.79 Å². The molecule has 0 radical (unpaired) electrons. The van der Waals surface area contributed by atoms with Crippen LogP contribution in [0.15, 0.2) is 4.52 Å². The number of hydrogen-bond donors (Lipinski definition) is 0. The van der Waals surface area contributed by atoms with Gasteiger partial charge in [-0.1, -0.05) is 12.1 Å². The molecule has 1 amide bonds. The van der Waals surface area contributed by atoms with Crippen LogP contribution < -0.4 is 0 Å². The maximum Gasteiger partial charge on any atom is 0.231 e. The zero-order chi connectivity index (χ0) is 11.5. The third kappa shape index (κ3) is 2.23. The minimum atomic E-state index is 0.121. The molecule has 5 nitrogen and oxygen atoms in total. The Bertz CT molecular complexity index is 375. The maximum absolute atomic E-state index is 11.2. The molecule has 88 valence electrons. The van der Waals surface area contributed by atoms with Crippen molar-refractivity contribution in [3.63, 3.8) is 0 Å². The Labute approximate surface area is 94.8 Å². The summed E-state index contributed by atoms with van der Waals surface area (Å²) in [6, 6.07) is 0. The van der Waals surface area contributed by atoms with Crippen LogP contribution in [0.4, 0.5) is 0 Å². The van der Waals surface area contributed by atoms with Gasteiger partial charge in [-0.25, -0.2) is 0 Å². The highest BCUT2D eigenvalue weighted by atomic mass is 16.5. The van der Waals surface area contributed by atoms with Crippen molar-refractivity contribution in [1.29, 1.82) is 0 Å². The maximum atomic E-state index is 11.2. The molecule has 1 atom stereocenters. The van der Waals surface area contributed by atoms with E-state index in [4.69, 9.17) is 4.52 Å². The first kappa shape index (κ1) is 11.1. The van der Waals surface area contributed by atoms with Crippen molar-refractivity contribution in [1.82, 2.24) is 15.0 Å². The number of carbonyl (C=O) groups is 1. The van der Waals surface area contributed by atoms with Gasteiger partial charge in [0.15, 0.2) is 5.82 Å². The molecule has 0 aliphatic carbocycles. The molecule has 1 aromatic rings. The fourth-order valence-corrected chi connectivity index (χ4v) is 2.01. The second-order valence-electron chi connectivity index (χ2n) is 4.25. The van der Waals surface area contributed by atoms with E-state index in [1.165, 1.54) is 0 Å². The average Bonchev–Trinajstić information content (AvgIpc) is 2.84. The van der Waals surface area contributed by atoms with Crippen molar-refractivity contribution in [3.05, 3.63) is 11.7 Å². The van der Waals surface area contributed by atoms with Gasteiger partial charge in [0.1, 0.15) is 0 Å². The molecular weight excluding hydrogens is 206 g/mol. The minimum Gasteiger partial charge on any atom is -0.342 e. The van der Waals surface area contributed by atoms with Crippen LogP contribution in [0.1, 0.15) is 44.3 Å². The van der Waals surface area contributed by atoms with E-state index < -0.39 is 0 Å². The zero-order valence-electron chi connectivity index (χ0n) is 9.77. The van der Waals surface area contributed by atoms with Crippen LogP contribution in [0.25, 0.3) is 0 Å². The smallest absolute Gasteiger partial charge is 0.231 e. The summed E-state index contributed by atoms with van der Waals surface area (Å²) in [6.07, 6.45) is 2.79. The van der Waals surface area contributed by atoms with Crippen molar-refractivity contribution in [3.8, 4) is 0 Å². The van der Waals surface area contributed by atoms with Gasteiger partial charge < -0.3 is 9.42 Å². The van der Waals surface area contributed by atoms with E-state index in [-0.39, 0.29) is 11.8 Å². The van der Waals surface area contributed by atoms with Gasteiger partial charge in [-0.2, -0.15) is 4.98 Å². The van der Waals surface area contributed by atoms with Crippen LogP contribution in [0.3, 0.4) is 0 Å². The van der Waals surface area contributed by atoms with Crippen LogP contribution in [-0.2, 0) is 11.2 Å². The molecule has 0 spiro atoms. The van der Waals surface area contributed by atoms with Gasteiger partial charge >= 0.3 is 0 Å². The lowest BCUT2D eigenvalue weighted by molar-refractivity contribution is -0.127. The van der Waals surface area contributed by atoms with Crippen molar-refractivity contribution >= 4 is 5.91 Å². The van der Waals surface area contributed by atoms with Crippen LogP contribution in [0.5, 0.6) is 0 Å². The van der Waals surface area contributed by atoms with E-state index >= 15 is 0 Å². The van der Waals surface area contributed by atoms with E-state index in [0.29, 0.717) is 12.4 Å². The Hall–Kier alpha value is -1.39. The van der Waals surface area contributed by atoms with E-state index in [1.807, 2.05) is 4.90 Å². The lowest BCUT2D eigenvalue weighted by Crippen LogP contribution is -2.25. The quantitative estimate of drug-likeness (QED) is 0.776. The van der Waals surface area contributed by atoms with Gasteiger partial charge in [-0.15, -0.1) is 0 Å². The fourth-order valence-electron chi connectivity index (χ4n) is 2.01. The zero-order valence-corrected chi connectivity index (χ0v) is 9.77. The third-order valence-corrected chi connectivity index (χ3v) is 2.94. The Kier molecular flexibility index (Phi) is 3.22. The first-order valence-corrected chi connectivity index (χ1v) is 5.78. The summed E-state index contributed by atoms with van der Waals surface area (Å²) in [4.78, 5) is 17.4. The molecule has 1 aliphatic rings. The highest BCUT2D eigenvalue weighted by molar-refractivity contribution is 5.73. The molecule has 1 saturated heterocycles. The molecule has 5 heteroatoms. The van der Waals surface area contributed by atoms with Gasteiger partial charge in [-0.3, -0.25) is 4.79 Å². The highest BCUT2D eigenvalue weighted by Crippen LogP contribution is 2.25. The number of nitrogens with zero attached hydrogens (tertiary/aromatic N) is 3. The molecule has 0 aromatic carbocycles. The average molecular weight is 223 g/mol. The standard InChI is InChI=1S/C11H17N3O2/c1-3-4-10-12-11(16-13-10)9-5-6-14(7-9)8(2)15/h9H,3-7H2,1-2H3. The Morgan fingerprint density at radius 3 is 3.06 bits per heavy atom. The van der Waals surface area contributed by atoms with Gasteiger partial charge in [0.25, 0.3) is 0 Å². The molecule has 2 rings (SSSR count). The topological polar surface area (TPSA) is 59.2 Å². The number of rotatable bonds is 3. The first-order chi connectivity index (χ1) is 7.70. The molecule has 16 heavy (non-hydrogen) atoms. The number of amides is 1.